The van der Waals surface area contributed by atoms with Crippen molar-refractivity contribution < 1.29 is 35.3 Å². The Morgan fingerprint density at radius 3 is 2.27 bits per heavy atom. The smallest absolute Gasteiger partial charge is 0.270 e. The molecule has 0 N–H and O–H groups in total. The average molecular weight is 647 g/mol. The first-order chi connectivity index (χ1) is 18.9. The molecule has 14 heteroatoms. The molecule has 41 heavy (non-hydrogen) atoms. The van der Waals surface area contributed by atoms with Crippen molar-refractivity contribution in [1.82, 2.24) is 9.47 Å². The van der Waals surface area contributed by atoms with Crippen LogP contribution in [0.4, 0.5) is 0 Å². The van der Waals surface area contributed by atoms with Crippen LogP contribution in [0.1, 0.15) is 36.8 Å². The van der Waals surface area contributed by atoms with Crippen LogP contribution in [0, 0.1) is 0 Å². The Morgan fingerprint density at radius 1 is 1.07 bits per heavy atom. The number of hydrogen-bond acceptors (Lipinski definition) is 9. The molecule has 0 bridgehead atoms. The standard InChI is InChI=1S/C26H32N2O6S2.CH3ClO2S/c1-26(2,3)27(4)25(29)20-15-19(23-8-7-13-35-23)24-18-16-22(33-11-12-34-36(6,30)31)21(32-5)14-17(18)9-10-28(20)24;1-5(2,3)4/h7-8,13-16H,9-12H2,1-6H3;1H3. The maximum absolute atomic E-state index is 13.6. The van der Waals surface area contributed by atoms with E-state index in [9.17, 15) is 21.6 Å². The van der Waals surface area contributed by atoms with E-state index in [2.05, 4.69) is 21.3 Å². The van der Waals surface area contributed by atoms with E-state index in [0.29, 0.717) is 23.7 Å². The number of methoxy groups -OCH3 is 1. The number of nitrogens with zero attached hydrogens (tertiary/aromatic N) is 2. The maximum Gasteiger partial charge on any atom is 0.270 e. The molecule has 3 aromatic rings. The van der Waals surface area contributed by atoms with Gasteiger partial charge in [0.05, 0.1) is 25.3 Å². The SMILES string of the molecule is COc1cc2c(cc1OCCOS(C)(=O)=O)-c1c(-c3cccs3)cc(C(=O)N(C)C(C)(C)C)n1CC2.CS(=O)(=O)Cl. The van der Waals surface area contributed by atoms with E-state index in [-0.39, 0.29) is 24.7 Å². The normalized spacial score (nSPS) is 13.0. The summed E-state index contributed by atoms with van der Waals surface area (Å²) >= 11 is 1.63. The van der Waals surface area contributed by atoms with Crippen LogP contribution < -0.4 is 9.47 Å². The molecule has 0 fully saturated rings. The number of fused-ring (bicyclic) bond motifs is 3. The highest BCUT2D eigenvalue weighted by Crippen LogP contribution is 2.45. The van der Waals surface area contributed by atoms with Crippen LogP contribution in [0.15, 0.2) is 35.7 Å². The van der Waals surface area contributed by atoms with Crippen molar-refractivity contribution in [1.29, 1.82) is 0 Å². The molecule has 0 spiro atoms. The topological polar surface area (TPSA) is 121 Å². The molecular weight excluding hydrogens is 612 g/mol. The summed E-state index contributed by atoms with van der Waals surface area (Å²) in [5, 5.41) is 2.02. The summed E-state index contributed by atoms with van der Waals surface area (Å²) in [7, 11) is 1.16. The predicted octanol–water partition coefficient (Wildman–Crippen LogP) is 4.86. The molecule has 10 nitrogen and oxygen atoms in total. The van der Waals surface area contributed by atoms with Gasteiger partial charge in [0.1, 0.15) is 18.9 Å². The second kappa shape index (κ2) is 12.7. The Kier molecular flexibility index (Phi) is 10.2. The van der Waals surface area contributed by atoms with Gasteiger partial charge in [-0.2, -0.15) is 8.42 Å². The fourth-order valence-corrected chi connectivity index (χ4v) is 5.33. The summed E-state index contributed by atoms with van der Waals surface area (Å²) in [6, 6.07) is 9.92. The Morgan fingerprint density at radius 2 is 1.73 bits per heavy atom. The van der Waals surface area contributed by atoms with Crippen molar-refractivity contribution in [2.75, 3.05) is 39.9 Å². The van der Waals surface area contributed by atoms with Crippen LogP contribution in [0.3, 0.4) is 0 Å². The van der Waals surface area contributed by atoms with Gasteiger partial charge in [-0.1, -0.05) is 6.07 Å². The molecule has 0 aliphatic carbocycles. The second-order valence-corrected chi connectivity index (χ2v) is 16.1. The van der Waals surface area contributed by atoms with E-state index in [0.717, 1.165) is 46.2 Å². The number of rotatable bonds is 8. The lowest BCUT2D eigenvalue weighted by Crippen LogP contribution is -2.43. The molecule has 0 saturated heterocycles. The molecule has 1 aromatic carbocycles. The number of hydrogen-bond donors (Lipinski definition) is 0. The van der Waals surface area contributed by atoms with Gasteiger partial charge in [-0.15, -0.1) is 11.3 Å². The minimum atomic E-state index is -3.55. The van der Waals surface area contributed by atoms with Crippen molar-refractivity contribution in [3.05, 3.63) is 47.0 Å². The third-order valence-corrected chi connectivity index (χ3v) is 7.80. The summed E-state index contributed by atoms with van der Waals surface area (Å²) in [4.78, 5) is 16.4. The van der Waals surface area contributed by atoms with Crippen LogP contribution in [0.5, 0.6) is 11.5 Å². The maximum atomic E-state index is 13.6. The Labute approximate surface area is 250 Å². The first-order valence-electron chi connectivity index (χ1n) is 12.5. The van der Waals surface area contributed by atoms with Gasteiger partial charge >= 0.3 is 0 Å². The monoisotopic (exact) mass is 646 g/mol. The summed E-state index contributed by atoms with van der Waals surface area (Å²) in [6.07, 6.45) is 2.66. The van der Waals surface area contributed by atoms with E-state index in [1.807, 2.05) is 57.5 Å². The number of ether oxygens (including phenoxy) is 2. The minimum absolute atomic E-state index is 0.0297. The van der Waals surface area contributed by atoms with Crippen molar-refractivity contribution in [2.45, 2.75) is 39.3 Å². The van der Waals surface area contributed by atoms with Crippen LogP contribution in [0.25, 0.3) is 21.7 Å². The minimum Gasteiger partial charge on any atom is -0.493 e. The second-order valence-electron chi connectivity index (χ2n) is 10.4. The van der Waals surface area contributed by atoms with Gasteiger partial charge in [0, 0.05) is 45.8 Å². The molecule has 0 radical (unpaired) electrons. The quantitative estimate of drug-likeness (QED) is 0.193. The molecule has 0 unspecified atom stereocenters. The Hall–Kier alpha value is -2.58. The fourth-order valence-electron chi connectivity index (χ4n) is 4.22. The van der Waals surface area contributed by atoms with Crippen molar-refractivity contribution in [3.8, 4) is 33.2 Å². The number of aromatic nitrogens is 1. The largest absolute Gasteiger partial charge is 0.493 e. The van der Waals surface area contributed by atoms with Gasteiger partial charge in [-0.25, -0.2) is 8.42 Å². The van der Waals surface area contributed by atoms with Gasteiger partial charge < -0.3 is 18.9 Å². The summed E-state index contributed by atoms with van der Waals surface area (Å²) in [5.74, 6) is 1.02. The van der Waals surface area contributed by atoms with Crippen molar-refractivity contribution in [2.24, 2.45) is 0 Å². The van der Waals surface area contributed by atoms with Crippen molar-refractivity contribution in [3.63, 3.8) is 0 Å². The first-order valence-corrected chi connectivity index (χ1v) is 18.0. The lowest BCUT2D eigenvalue weighted by molar-refractivity contribution is 0.0644. The number of aryl methyl sites for hydroxylation is 1. The number of carbonyl (C=O) groups excluding carboxylic acids is 1. The zero-order chi connectivity index (χ0) is 30.8. The van der Waals surface area contributed by atoms with E-state index in [1.54, 1.807) is 23.3 Å². The molecule has 0 atom stereocenters. The number of halogens is 1. The number of amides is 1. The molecule has 1 aliphatic rings. The van der Waals surface area contributed by atoms with Gasteiger partial charge in [-0.3, -0.25) is 8.98 Å². The summed E-state index contributed by atoms with van der Waals surface area (Å²) < 4.78 is 59.7. The average Bonchev–Trinajstić information content (AvgIpc) is 3.51. The zero-order valence-corrected chi connectivity index (χ0v) is 27.3. The number of benzene rings is 1. The molecular formula is C27H35ClN2O8S3. The number of thiophene rings is 1. The lowest BCUT2D eigenvalue weighted by Gasteiger charge is -2.32. The van der Waals surface area contributed by atoms with Gasteiger partial charge in [0.15, 0.2) is 11.5 Å². The zero-order valence-electron chi connectivity index (χ0n) is 24.1. The van der Waals surface area contributed by atoms with Crippen LogP contribution in [-0.4, -0.2) is 77.6 Å². The third kappa shape index (κ3) is 8.71. The van der Waals surface area contributed by atoms with E-state index < -0.39 is 19.2 Å². The Balaban J connectivity index is 0.000000850. The van der Waals surface area contributed by atoms with Crippen LogP contribution in [-0.2, 0) is 36.3 Å². The van der Waals surface area contributed by atoms with Crippen LogP contribution in [0.2, 0.25) is 0 Å². The Bertz CT molecular complexity index is 1600. The predicted molar refractivity (Wildman–Crippen MR) is 162 cm³/mol. The van der Waals surface area contributed by atoms with E-state index in [1.165, 1.54) is 0 Å². The number of carbonyl (C=O) groups is 1. The molecule has 0 saturated carbocycles. The molecule has 226 valence electrons. The van der Waals surface area contributed by atoms with Gasteiger partial charge in [0.25, 0.3) is 16.0 Å². The highest BCUT2D eigenvalue weighted by atomic mass is 35.7. The summed E-state index contributed by atoms with van der Waals surface area (Å²) in [5.41, 5.74) is 4.34. The summed E-state index contributed by atoms with van der Waals surface area (Å²) in [6.45, 7) is 6.66. The van der Waals surface area contributed by atoms with Crippen molar-refractivity contribution >= 4 is 47.1 Å². The molecule has 4 rings (SSSR count). The van der Waals surface area contributed by atoms with Gasteiger partial charge in [0.2, 0.25) is 9.05 Å². The first kappa shape index (κ1) is 32.9. The third-order valence-electron chi connectivity index (χ3n) is 6.30. The van der Waals surface area contributed by atoms with Crippen LogP contribution >= 0.6 is 22.0 Å². The highest BCUT2D eigenvalue weighted by molar-refractivity contribution is 8.13. The van der Waals surface area contributed by atoms with E-state index >= 15 is 0 Å². The van der Waals surface area contributed by atoms with Gasteiger partial charge in [-0.05, 0) is 62.4 Å². The van der Waals surface area contributed by atoms with E-state index in [4.69, 9.17) is 13.7 Å². The highest BCUT2D eigenvalue weighted by Gasteiger charge is 2.32. The molecule has 1 aliphatic heterocycles. The molecule has 3 heterocycles. The molecule has 2 aromatic heterocycles. The lowest BCUT2D eigenvalue weighted by atomic mass is 9.95. The molecule has 1 amide bonds. The fraction of sp³-hybridized carbons (Fsp3) is 0.444.